The number of aliphatic hydroxyl groups is 1. The fourth-order valence-electron chi connectivity index (χ4n) is 6.36. The van der Waals surface area contributed by atoms with E-state index in [1.54, 1.807) is 26.0 Å². The lowest BCUT2D eigenvalue weighted by Crippen LogP contribution is -2.34. The number of aromatic nitrogens is 2. The molecule has 246 valence electrons. The topological polar surface area (TPSA) is 211 Å². The molecule has 5 atom stereocenters. The number of thiol groups is 1. The second-order valence-corrected chi connectivity index (χ2v) is 12.7. The fraction of sp³-hybridized carbons (Fsp3) is 0.394. The van der Waals surface area contributed by atoms with Crippen LogP contribution in [0.1, 0.15) is 73.5 Å². The first-order valence-corrected chi connectivity index (χ1v) is 15.5. The van der Waals surface area contributed by atoms with Crippen molar-refractivity contribution >= 4 is 54.6 Å². The smallest absolute Gasteiger partial charge is 0.307 e. The summed E-state index contributed by atoms with van der Waals surface area (Å²) in [5.74, 6) is -2.89. The molecular weight excluding hydrogens is 610 g/mol. The van der Waals surface area contributed by atoms with Gasteiger partial charge in [0, 0.05) is 51.5 Å². The van der Waals surface area contributed by atoms with Gasteiger partial charge in [-0.15, -0.1) is 0 Å². The molecule has 0 radical (unpaired) electrons. The van der Waals surface area contributed by atoms with Crippen LogP contribution in [-0.2, 0) is 25.6 Å². The Morgan fingerprint density at radius 3 is 2.35 bits per heavy atom. The molecular formula is C33H41N5O7S. The largest absolute Gasteiger partial charge is 0.481 e. The van der Waals surface area contributed by atoms with Crippen LogP contribution in [0.4, 0.5) is 0 Å². The molecule has 2 aromatic heterocycles. The number of carbonyl (C=O) groups is 4. The SMILES string of the molecule is CC1=C(/C=C/N)C(=O)N[C@@H]1[C@H](O)c1[nH]c(/C=c2\[nH]c(/C=C3\NC(=O)[C@H](C)[C@H]3[C@@H](C)S)c(C)\c2=C/CC(=O)O)c(CCC(=O)O)c1C. The number of H-pyrrole nitrogens is 2. The molecule has 2 aromatic rings. The number of nitrogens with two attached hydrogens (primary N) is 1. The zero-order chi connectivity index (χ0) is 34.0. The minimum absolute atomic E-state index is 0.100. The number of carboxylic acids is 2. The fourth-order valence-corrected chi connectivity index (χ4v) is 6.78. The minimum atomic E-state index is -1.19. The van der Waals surface area contributed by atoms with Crippen molar-refractivity contribution in [3.63, 3.8) is 0 Å². The van der Waals surface area contributed by atoms with E-state index in [9.17, 15) is 34.5 Å². The number of aliphatic carboxylic acids is 2. The first-order chi connectivity index (χ1) is 21.7. The van der Waals surface area contributed by atoms with Crippen molar-refractivity contribution in [1.29, 1.82) is 0 Å². The number of carbonyl (C=O) groups excluding carboxylic acids is 2. The third-order valence-electron chi connectivity index (χ3n) is 8.87. The third-order valence-corrected chi connectivity index (χ3v) is 9.19. The van der Waals surface area contributed by atoms with Crippen LogP contribution in [0.3, 0.4) is 0 Å². The third kappa shape index (κ3) is 6.85. The lowest BCUT2D eigenvalue weighted by molar-refractivity contribution is -0.137. The van der Waals surface area contributed by atoms with Crippen molar-refractivity contribution in [2.75, 3.05) is 0 Å². The van der Waals surface area contributed by atoms with Crippen LogP contribution in [0.25, 0.3) is 18.2 Å². The maximum atomic E-state index is 12.5. The van der Waals surface area contributed by atoms with Gasteiger partial charge in [-0.3, -0.25) is 19.2 Å². The van der Waals surface area contributed by atoms with Gasteiger partial charge < -0.3 is 41.7 Å². The molecule has 2 amide bonds. The molecule has 0 saturated carbocycles. The Hall–Kier alpha value is -4.49. The molecule has 1 saturated heterocycles. The molecule has 1 fully saturated rings. The lowest BCUT2D eigenvalue weighted by atomic mass is 9.91. The highest BCUT2D eigenvalue weighted by Crippen LogP contribution is 2.34. The number of nitrogens with one attached hydrogen (secondary N) is 4. The molecule has 4 heterocycles. The monoisotopic (exact) mass is 651 g/mol. The molecule has 0 aromatic carbocycles. The number of hydrogen-bond donors (Lipinski definition) is 9. The van der Waals surface area contributed by atoms with Crippen LogP contribution in [0, 0.1) is 25.7 Å². The van der Waals surface area contributed by atoms with Crippen molar-refractivity contribution < 1.29 is 34.5 Å². The van der Waals surface area contributed by atoms with Gasteiger partial charge in [0.1, 0.15) is 6.10 Å². The van der Waals surface area contributed by atoms with Gasteiger partial charge in [0.2, 0.25) is 5.91 Å². The summed E-state index contributed by atoms with van der Waals surface area (Å²) in [5, 5.41) is 37.2. The number of aromatic amines is 2. The number of rotatable bonds is 11. The quantitative estimate of drug-likeness (QED) is 0.162. The van der Waals surface area contributed by atoms with Gasteiger partial charge >= 0.3 is 11.9 Å². The Morgan fingerprint density at radius 2 is 1.74 bits per heavy atom. The van der Waals surface area contributed by atoms with Crippen LogP contribution >= 0.6 is 12.6 Å². The van der Waals surface area contributed by atoms with Gasteiger partial charge in [-0.1, -0.05) is 19.9 Å². The number of allylic oxidation sites excluding steroid dienone is 1. The average Bonchev–Trinajstić information content (AvgIpc) is 3.64. The van der Waals surface area contributed by atoms with Gasteiger partial charge in [-0.2, -0.15) is 12.6 Å². The van der Waals surface area contributed by atoms with Crippen LogP contribution in [-0.4, -0.2) is 60.3 Å². The Kier molecular flexibility index (Phi) is 10.4. The molecule has 2 aliphatic rings. The van der Waals surface area contributed by atoms with E-state index < -0.39 is 24.1 Å². The summed E-state index contributed by atoms with van der Waals surface area (Å²) in [6, 6.07) is -0.743. The van der Waals surface area contributed by atoms with Crippen molar-refractivity contribution in [1.82, 2.24) is 20.6 Å². The van der Waals surface area contributed by atoms with Crippen LogP contribution in [0.2, 0.25) is 0 Å². The molecule has 13 heteroatoms. The number of carboxylic acid groups (broad SMARTS) is 2. The summed E-state index contributed by atoms with van der Waals surface area (Å²) in [7, 11) is 0. The van der Waals surface area contributed by atoms with E-state index in [0.717, 1.165) is 5.56 Å². The Bertz CT molecular complexity index is 1800. The highest BCUT2D eigenvalue weighted by atomic mass is 32.1. The molecule has 12 nitrogen and oxygen atoms in total. The molecule has 46 heavy (non-hydrogen) atoms. The van der Waals surface area contributed by atoms with Gasteiger partial charge in [-0.05, 0) is 79.1 Å². The van der Waals surface area contributed by atoms with Crippen molar-refractivity contribution in [2.24, 2.45) is 17.6 Å². The van der Waals surface area contributed by atoms with E-state index >= 15 is 0 Å². The lowest BCUT2D eigenvalue weighted by Gasteiger charge is -2.20. The average molecular weight is 652 g/mol. The van der Waals surface area contributed by atoms with Gasteiger partial charge in [-0.25, -0.2) is 0 Å². The minimum Gasteiger partial charge on any atom is -0.481 e. The maximum absolute atomic E-state index is 12.5. The van der Waals surface area contributed by atoms with Crippen molar-refractivity contribution in [3.8, 4) is 0 Å². The van der Waals surface area contributed by atoms with Gasteiger partial charge in [0.25, 0.3) is 5.91 Å². The van der Waals surface area contributed by atoms with Gasteiger partial charge in [0.05, 0.1) is 18.2 Å². The Labute approximate surface area is 271 Å². The molecule has 9 N–H and O–H groups in total. The maximum Gasteiger partial charge on any atom is 0.307 e. The van der Waals surface area contributed by atoms with Crippen LogP contribution in [0.15, 0.2) is 29.1 Å². The predicted octanol–water partition coefficient (Wildman–Crippen LogP) is 1.42. The first kappa shape index (κ1) is 34.4. The number of amides is 2. The molecule has 0 spiro atoms. The van der Waals surface area contributed by atoms with Gasteiger partial charge in [0.15, 0.2) is 0 Å². The van der Waals surface area contributed by atoms with Crippen LogP contribution in [0.5, 0.6) is 0 Å². The van der Waals surface area contributed by atoms with E-state index in [1.807, 2.05) is 26.8 Å². The van der Waals surface area contributed by atoms with E-state index in [0.29, 0.717) is 55.6 Å². The second-order valence-electron chi connectivity index (χ2n) is 11.9. The summed E-state index contributed by atoms with van der Waals surface area (Å²) in [6.07, 6.45) is 6.48. The van der Waals surface area contributed by atoms with E-state index in [1.165, 1.54) is 12.3 Å². The first-order valence-electron chi connectivity index (χ1n) is 15.0. The highest BCUT2D eigenvalue weighted by Gasteiger charge is 2.38. The Balaban J connectivity index is 1.90. The summed E-state index contributed by atoms with van der Waals surface area (Å²) >= 11 is 4.60. The molecule has 0 unspecified atom stereocenters. The summed E-state index contributed by atoms with van der Waals surface area (Å²) < 4.78 is 0. The molecule has 4 rings (SSSR count). The number of aliphatic hydroxyl groups excluding tert-OH is 1. The number of hydrogen-bond acceptors (Lipinski definition) is 7. The molecule has 2 aliphatic heterocycles. The predicted molar refractivity (Wildman–Crippen MR) is 177 cm³/mol. The van der Waals surface area contributed by atoms with Crippen LogP contribution < -0.4 is 26.9 Å². The van der Waals surface area contributed by atoms with E-state index in [-0.39, 0.29) is 48.2 Å². The summed E-state index contributed by atoms with van der Waals surface area (Å²) in [5.41, 5.74) is 10.8. The van der Waals surface area contributed by atoms with Crippen molar-refractivity contribution in [3.05, 3.63) is 73.5 Å². The van der Waals surface area contributed by atoms with Crippen molar-refractivity contribution in [2.45, 2.75) is 71.3 Å². The Morgan fingerprint density at radius 1 is 1.04 bits per heavy atom. The zero-order valence-corrected chi connectivity index (χ0v) is 27.3. The zero-order valence-electron chi connectivity index (χ0n) is 26.4. The summed E-state index contributed by atoms with van der Waals surface area (Å²) in [6.45, 7) is 9.12. The standard InChI is InChI=1S/C33H41N5O7S/c1-14-19(6-8-26(39)40)23(35-22(14)12-25-28(18(5)46)17(4)32(44)37-25)13-24-20(7-9-27(41)42)15(2)29(36-24)31(43)30-16(3)21(10-11-34)33(45)38-30/h6,10-13,17-18,28,30-31,35-36,43,46H,7-9,34H2,1-5H3,(H,37,44)(H,38,45)(H,39,40)(H,41,42)/b11-10+,19-6+,23-13-,25-12-/t17-,18-,28+,30+,31-/m1/s1. The molecule has 0 aliphatic carbocycles. The molecule has 0 bridgehead atoms. The summed E-state index contributed by atoms with van der Waals surface area (Å²) in [4.78, 5) is 54.8. The van der Waals surface area contributed by atoms with E-state index in [2.05, 4.69) is 33.2 Å². The normalized spacial score (nSPS) is 23.1. The highest BCUT2D eigenvalue weighted by molar-refractivity contribution is 7.80. The second kappa shape index (κ2) is 13.9. The van der Waals surface area contributed by atoms with E-state index in [4.69, 9.17) is 5.73 Å².